The van der Waals surface area contributed by atoms with Crippen LogP contribution in [-0.2, 0) is 9.53 Å². The molecule has 1 aliphatic carbocycles. The predicted octanol–water partition coefficient (Wildman–Crippen LogP) is 2.46. The van der Waals surface area contributed by atoms with Crippen molar-refractivity contribution in [2.75, 3.05) is 25.4 Å². The number of likely N-dealkylation sites (tertiary alicyclic amines) is 1. The number of nitrogens with two attached hydrogens (primary N) is 1. The van der Waals surface area contributed by atoms with Gasteiger partial charge in [-0.2, -0.15) is 0 Å². The molecular formula is C23H22N2O5. The number of amides is 1. The lowest BCUT2D eigenvalue weighted by molar-refractivity contribution is -0.136. The topological polar surface area (TPSA) is 107 Å². The van der Waals surface area contributed by atoms with E-state index in [9.17, 15) is 19.2 Å². The van der Waals surface area contributed by atoms with E-state index in [0.717, 1.165) is 12.8 Å². The summed E-state index contributed by atoms with van der Waals surface area (Å²) in [6.07, 6.45) is 2.00. The van der Waals surface area contributed by atoms with Crippen molar-refractivity contribution >= 4 is 29.1 Å². The molecule has 0 unspecified atom stereocenters. The molecule has 7 heteroatoms. The summed E-state index contributed by atoms with van der Waals surface area (Å²) in [5.41, 5.74) is 6.70. The molecule has 0 bridgehead atoms. The lowest BCUT2D eigenvalue weighted by Crippen LogP contribution is -2.41. The number of anilines is 1. The molecule has 1 amide bonds. The molecule has 7 nitrogen and oxygen atoms in total. The minimum atomic E-state index is -0.798. The molecule has 2 N–H and O–H groups in total. The second-order valence-corrected chi connectivity index (χ2v) is 7.82. The first kappa shape index (κ1) is 19.8. The minimum Gasteiger partial charge on any atom is -0.452 e. The Hall–Kier alpha value is -3.48. The number of nitrogen functional groups attached to an aromatic ring is 1. The molecule has 1 heterocycles. The van der Waals surface area contributed by atoms with Crippen LogP contribution in [0.2, 0.25) is 0 Å². The summed E-state index contributed by atoms with van der Waals surface area (Å²) in [6, 6.07) is 9.27. The van der Waals surface area contributed by atoms with Crippen molar-refractivity contribution < 1.29 is 23.9 Å². The van der Waals surface area contributed by atoms with E-state index in [1.807, 2.05) is 0 Å². The van der Waals surface area contributed by atoms with Gasteiger partial charge in [-0.25, -0.2) is 4.79 Å². The number of hydrogen-bond acceptors (Lipinski definition) is 6. The van der Waals surface area contributed by atoms with Gasteiger partial charge in [-0.15, -0.1) is 0 Å². The number of rotatable bonds is 3. The van der Waals surface area contributed by atoms with Gasteiger partial charge < -0.3 is 15.4 Å². The van der Waals surface area contributed by atoms with Crippen molar-refractivity contribution in [1.29, 1.82) is 0 Å². The van der Waals surface area contributed by atoms with Crippen molar-refractivity contribution in [3.05, 3.63) is 64.2 Å². The number of ether oxygens (including phenoxy) is 1. The zero-order chi connectivity index (χ0) is 21.4. The summed E-state index contributed by atoms with van der Waals surface area (Å²) in [4.78, 5) is 52.2. The highest BCUT2D eigenvalue weighted by Crippen LogP contribution is 2.32. The smallest absolute Gasteiger partial charge is 0.340 e. The number of benzene rings is 2. The van der Waals surface area contributed by atoms with E-state index < -0.39 is 18.4 Å². The van der Waals surface area contributed by atoms with Crippen LogP contribution in [0.5, 0.6) is 0 Å². The number of nitrogens with zero attached hydrogens (tertiary/aromatic N) is 1. The average Bonchev–Trinajstić information content (AvgIpc) is 2.75. The van der Waals surface area contributed by atoms with Crippen molar-refractivity contribution in [1.82, 2.24) is 4.90 Å². The van der Waals surface area contributed by atoms with Crippen LogP contribution in [0.15, 0.2) is 36.4 Å². The van der Waals surface area contributed by atoms with Gasteiger partial charge in [0.1, 0.15) is 0 Å². The highest BCUT2D eigenvalue weighted by molar-refractivity contribution is 6.30. The summed E-state index contributed by atoms with van der Waals surface area (Å²) in [7, 11) is 0. The van der Waals surface area contributed by atoms with E-state index in [1.54, 1.807) is 29.2 Å². The summed E-state index contributed by atoms with van der Waals surface area (Å²) in [5, 5.41) is 0. The standard InChI is InChI=1S/C23H22N2O5/c1-13-5-4-10-25(11-13)18(26)12-30-23(29)17-9-8-16-19(20(17)24)22(28)15-7-3-2-6-14(15)21(16)27/h2-3,6-9,13H,4-5,10-12,24H2,1H3/t13-/m1/s1. The lowest BCUT2D eigenvalue weighted by Gasteiger charge is -2.30. The molecule has 4 rings (SSSR count). The summed E-state index contributed by atoms with van der Waals surface area (Å²) in [6.45, 7) is 2.98. The monoisotopic (exact) mass is 406 g/mol. The Bertz CT molecular complexity index is 1080. The Morgan fingerprint density at radius 3 is 2.47 bits per heavy atom. The predicted molar refractivity (Wildman–Crippen MR) is 109 cm³/mol. The van der Waals surface area contributed by atoms with Gasteiger partial charge in [0, 0.05) is 29.8 Å². The molecular weight excluding hydrogens is 384 g/mol. The number of esters is 1. The van der Waals surface area contributed by atoms with Gasteiger partial charge in [0.05, 0.1) is 16.8 Å². The average molecular weight is 406 g/mol. The molecule has 1 aliphatic heterocycles. The molecule has 30 heavy (non-hydrogen) atoms. The van der Waals surface area contributed by atoms with E-state index in [4.69, 9.17) is 10.5 Å². The summed E-state index contributed by atoms with van der Waals surface area (Å²) in [5.74, 6) is -1.37. The first-order valence-electron chi connectivity index (χ1n) is 9.94. The van der Waals surface area contributed by atoms with Crippen LogP contribution in [0.4, 0.5) is 5.69 Å². The molecule has 1 fully saturated rings. The van der Waals surface area contributed by atoms with Crippen molar-refractivity contribution in [3.8, 4) is 0 Å². The number of carbonyl (C=O) groups excluding carboxylic acids is 4. The van der Waals surface area contributed by atoms with E-state index in [0.29, 0.717) is 24.6 Å². The van der Waals surface area contributed by atoms with Gasteiger partial charge in [-0.3, -0.25) is 14.4 Å². The number of ketones is 2. The lowest BCUT2D eigenvalue weighted by atomic mass is 9.82. The van der Waals surface area contributed by atoms with Gasteiger partial charge >= 0.3 is 5.97 Å². The molecule has 2 aromatic rings. The highest BCUT2D eigenvalue weighted by Gasteiger charge is 2.33. The zero-order valence-corrected chi connectivity index (χ0v) is 16.6. The molecule has 0 aromatic heterocycles. The van der Waals surface area contributed by atoms with Crippen LogP contribution in [0.3, 0.4) is 0 Å². The quantitative estimate of drug-likeness (QED) is 0.529. The van der Waals surface area contributed by atoms with Crippen LogP contribution < -0.4 is 5.73 Å². The number of carbonyl (C=O) groups is 4. The minimum absolute atomic E-state index is 0.00401. The maximum absolute atomic E-state index is 12.9. The van der Waals surface area contributed by atoms with Crippen LogP contribution in [0.1, 0.15) is 62.0 Å². The van der Waals surface area contributed by atoms with E-state index >= 15 is 0 Å². The Kier molecular flexibility index (Phi) is 5.11. The van der Waals surface area contributed by atoms with E-state index in [2.05, 4.69) is 6.92 Å². The van der Waals surface area contributed by atoms with Gasteiger partial charge in [0.2, 0.25) is 0 Å². The number of fused-ring (bicyclic) bond motifs is 2. The van der Waals surface area contributed by atoms with Gasteiger partial charge in [0.15, 0.2) is 18.2 Å². The van der Waals surface area contributed by atoms with Gasteiger partial charge in [0.25, 0.3) is 5.91 Å². The first-order valence-corrected chi connectivity index (χ1v) is 9.94. The van der Waals surface area contributed by atoms with Crippen LogP contribution in [-0.4, -0.2) is 48.0 Å². The summed E-state index contributed by atoms with van der Waals surface area (Å²) >= 11 is 0. The fourth-order valence-electron chi connectivity index (χ4n) is 4.10. The van der Waals surface area contributed by atoms with E-state index in [-0.39, 0.29) is 39.6 Å². The van der Waals surface area contributed by atoms with E-state index in [1.165, 1.54) is 12.1 Å². The molecule has 0 radical (unpaired) electrons. The second-order valence-electron chi connectivity index (χ2n) is 7.82. The molecule has 1 saturated heterocycles. The molecule has 2 aliphatic rings. The Morgan fingerprint density at radius 2 is 1.77 bits per heavy atom. The number of piperidine rings is 1. The van der Waals surface area contributed by atoms with Crippen molar-refractivity contribution in [3.63, 3.8) is 0 Å². The van der Waals surface area contributed by atoms with Crippen LogP contribution in [0.25, 0.3) is 0 Å². The molecule has 0 saturated carbocycles. The fourth-order valence-corrected chi connectivity index (χ4v) is 4.10. The Labute approximate surface area is 173 Å². The maximum Gasteiger partial charge on any atom is 0.340 e. The summed E-state index contributed by atoms with van der Waals surface area (Å²) < 4.78 is 5.18. The molecule has 154 valence electrons. The third kappa shape index (κ3) is 3.36. The number of hydrogen-bond donors (Lipinski definition) is 1. The highest BCUT2D eigenvalue weighted by atomic mass is 16.5. The fraction of sp³-hybridized carbons (Fsp3) is 0.304. The van der Waals surface area contributed by atoms with Crippen LogP contribution >= 0.6 is 0 Å². The zero-order valence-electron chi connectivity index (χ0n) is 16.6. The Morgan fingerprint density at radius 1 is 1.07 bits per heavy atom. The largest absolute Gasteiger partial charge is 0.452 e. The van der Waals surface area contributed by atoms with Crippen molar-refractivity contribution in [2.24, 2.45) is 5.92 Å². The van der Waals surface area contributed by atoms with Gasteiger partial charge in [-0.05, 0) is 30.9 Å². The molecule has 0 spiro atoms. The SMILES string of the molecule is C[C@@H]1CCCN(C(=O)COC(=O)c2ccc3c(c2N)C(=O)c2ccccc2C3=O)C1. The molecule has 1 atom stereocenters. The third-order valence-corrected chi connectivity index (χ3v) is 5.69. The molecule has 2 aromatic carbocycles. The maximum atomic E-state index is 12.9. The first-order chi connectivity index (χ1) is 14.4. The van der Waals surface area contributed by atoms with Crippen molar-refractivity contribution in [2.45, 2.75) is 19.8 Å². The Balaban J connectivity index is 1.54. The van der Waals surface area contributed by atoms with Crippen LogP contribution in [0, 0.1) is 5.92 Å². The second kappa shape index (κ2) is 7.74. The third-order valence-electron chi connectivity index (χ3n) is 5.69. The van der Waals surface area contributed by atoms with Gasteiger partial charge in [-0.1, -0.05) is 31.2 Å². The normalized spacial score (nSPS) is 17.9.